The molecule has 3 N–H and O–H groups in total. The van der Waals surface area contributed by atoms with Gasteiger partial charge in [0.2, 0.25) is 17.6 Å². The minimum atomic E-state index is -1.24. The van der Waals surface area contributed by atoms with Gasteiger partial charge in [0.1, 0.15) is 22.0 Å². The molecule has 1 saturated carbocycles. The fraction of sp³-hybridized carbons (Fsp3) is 0.545. The predicted molar refractivity (Wildman–Crippen MR) is 172 cm³/mol. The Kier molecular flexibility index (Phi) is 10.7. The summed E-state index contributed by atoms with van der Waals surface area (Å²) in [4.78, 5) is 68.3. The lowest BCUT2D eigenvalue weighted by Gasteiger charge is -2.35. The number of hydrogen-bond donors (Lipinski definition) is 3. The van der Waals surface area contributed by atoms with E-state index < -0.39 is 63.6 Å². The summed E-state index contributed by atoms with van der Waals surface area (Å²) < 4.78 is 4.26. The van der Waals surface area contributed by atoms with Crippen molar-refractivity contribution in [2.45, 2.75) is 80.9 Å². The topological polar surface area (TPSA) is 134 Å². The van der Waals surface area contributed by atoms with Crippen LogP contribution >= 0.6 is 23.2 Å². The number of amides is 4. The summed E-state index contributed by atoms with van der Waals surface area (Å²) >= 11 is 13.1. The molecule has 0 aromatic heterocycles. The fourth-order valence-corrected chi connectivity index (χ4v) is 7.13. The van der Waals surface area contributed by atoms with Crippen LogP contribution < -0.4 is 16.0 Å². The van der Waals surface area contributed by atoms with E-state index in [0.717, 1.165) is 11.1 Å². The minimum absolute atomic E-state index is 0.0913. The number of carbonyl (C=O) groups is 5. The third kappa shape index (κ3) is 7.90. The number of nitrogens with one attached hydrogen (secondary N) is 3. The number of allylic oxidation sites excluding steroid dienone is 1. The Labute approximate surface area is 274 Å². The number of ether oxygens (including phenoxy) is 1. The van der Waals surface area contributed by atoms with Crippen LogP contribution in [0.5, 0.6) is 0 Å². The van der Waals surface area contributed by atoms with Crippen molar-refractivity contribution >= 4 is 52.8 Å². The van der Waals surface area contributed by atoms with E-state index >= 15 is 0 Å². The van der Waals surface area contributed by atoms with Crippen molar-refractivity contribution in [2.24, 2.45) is 17.8 Å². The van der Waals surface area contributed by atoms with Gasteiger partial charge in [-0.3, -0.25) is 19.2 Å². The van der Waals surface area contributed by atoms with Crippen molar-refractivity contribution in [3.8, 4) is 0 Å². The molecule has 0 spiro atoms. The summed E-state index contributed by atoms with van der Waals surface area (Å²) in [6.45, 7) is 12.8. The molecule has 4 amide bonds. The molecule has 1 aromatic carbocycles. The summed E-state index contributed by atoms with van der Waals surface area (Å²) in [6, 6.07) is 4.56. The maximum Gasteiger partial charge on any atom is 0.408 e. The van der Waals surface area contributed by atoms with Crippen LogP contribution in [0.25, 0.3) is 0 Å². The number of hydrogen-bond acceptors (Lipinski definition) is 6. The third-order valence-electron chi connectivity index (χ3n) is 8.53. The van der Waals surface area contributed by atoms with Gasteiger partial charge in [0.05, 0.1) is 6.04 Å². The largest absolute Gasteiger partial charge is 0.444 e. The molecule has 1 aliphatic heterocycles. The lowest BCUT2D eigenvalue weighted by Crippen LogP contribution is -2.60. The number of halogens is 2. The maximum absolute atomic E-state index is 14.4. The quantitative estimate of drug-likeness (QED) is 0.128. The first-order chi connectivity index (χ1) is 21.2. The standard InChI is InChI=1S/C33H42Cl2N4O6/c1-6-8-14-23(27(40)29(42)36-15-9-7-2)37-28(41)26-24-22(33(24,34)35)18-39(26)30(43)25(38-31(44)45-32(3,4)5)21-16-19-12-10-11-13-20(19)17-21/h6-7,10-13,21-26H,1-2,8-9,14-18H2,3-5H3,(H,36,42)(H,37,41)(H,38,44)/t22?,23?,24?,25-,26-/m0/s1. The number of rotatable bonds is 13. The van der Waals surface area contributed by atoms with Gasteiger partial charge in [-0.1, -0.05) is 36.4 Å². The number of likely N-dealkylation sites (tertiary alicyclic amines) is 1. The highest BCUT2D eigenvalue weighted by Gasteiger charge is 2.74. The van der Waals surface area contributed by atoms with E-state index in [1.54, 1.807) is 32.9 Å². The summed E-state index contributed by atoms with van der Waals surface area (Å²) in [7, 11) is 0. The molecule has 10 nitrogen and oxygen atoms in total. The minimum Gasteiger partial charge on any atom is -0.444 e. The number of Topliss-reactive ketones (excluding diaryl/α,β-unsaturated/α-hetero) is 1. The number of piperidine rings is 1. The molecule has 3 aliphatic rings. The van der Waals surface area contributed by atoms with Crippen LogP contribution in [0.15, 0.2) is 49.6 Å². The highest BCUT2D eigenvalue weighted by atomic mass is 35.5. The van der Waals surface area contributed by atoms with Crippen LogP contribution in [0, 0.1) is 17.8 Å². The van der Waals surface area contributed by atoms with Crippen LogP contribution in [0.1, 0.15) is 51.2 Å². The van der Waals surface area contributed by atoms with Crippen LogP contribution in [0.4, 0.5) is 4.79 Å². The van der Waals surface area contributed by atoms with E-state index in [1.165, 1.54) is 4.90 Å². The van der Waals surface area contributed by atoms with Crippen LogP contribution in [-0.4, -0.2) is 75.6 Å². The molecule has 4 rings (SSSR count). The Bertz CT molecular complexity index is 1330. The first-order valence-corrected chi connectivity index (χ1v) is 16.0. The Morgan fingerprint density at radius 2 is 1.67 bits per heavy atom. The molecule has 1 saturated heterocycles. The van der Waals surface area contributed by atoms with Gasteiger partial charge in [-0.15, -0.1) is 36.4 Å². The maximum atomic E-state index is 14.4. The number of alkyl carbamates (subject to hydrolysis) is 1. The SMILES string of the molecule is C=CCCNC(=O)C(=O)C(CCC=C)NC(=O)[C@@H]1C2C(CN1C(=O)[C@@H](NC(=O)OC(C)(C)C)C1Cc3ccccc3C1)C2(Cl)Cl. The van der Waals surface area contributed by atoms with Crippen molar-refractivity contribution in [1.82, 2.24) is 20.9 Å². The molecular weight excluding hydrogens is 619 g/mol. The van der Waals surface area contributed by atoms with Crippen molar-refractivity contribution < 1.29 is 28.7 Å². The zero-order chi connectivity index (χ0) is 33.1. The first kappa shape index (κ1) is 34.5. The monoisotopic (exact) mass is 660 g/mol. The average Bonchev–Trinajstić information content (AvgIpc) is 3.34. The van der Waals surface area contributed by atoms with E-state index in [9.17, 15) is 24.0 Å². The third-order valence-corrected chi connectivity index (χ3v) is 9.59. The molecule has 0 radical (unpaired) electrons. The molecule has 2 fully saturated rings. The van der Waals surface area contributed by atoms with Crippen molar-refractivity contribution in [1.29, 1.82) is 0 Å². The molecule has 5 atom stereocenters. The Hall–Kier alpha value is -3.37. The van der Waals surface area contributed by atoms with Gasteiger partial charge in [0.25, 0.3) is 5.91 Å². The van der Waals surface area contributed by atoms with E-state index in [0.29, 0.717) is 25.7 Å². The van der Waals surface area contributed by atoms with Gasteiger partial charge in [-0.05, 0) is 69.9 Å². The molecule has 244 valence electrons. The van der Waals surface area contributed by atoms with Crippen LogP contribution in [-0.2, 0) is 36.8 Å². The van der Waals surface area contributed by atoms with Crippen molar-refractivity contribution in [3.63, 3.8) is 0 Å². The van der Waals surface area contributed by atoms with Crippen LogP contribution in [0.2, 0.25) is 0 Å². The second-order valence-electron chi connectivity index (χ2n) is 12.9. The van der Waals surface area contributed by atoms with Gasteiger partial charge >= 0.3 is 6.09 Å². The Morgan fingerprint density at radius 3 is 2.24 bits per heavy atom. The lowest BCUT2D eigenvalue weighted by molar-refractivity contribution is -0.144. The Balaban J connectivity index is 1.58. The van der Waals surface area contributed by atoms with Crippen LogP contribution in [0.3, 0.4) is 0 Å². The number of carbonyl (C=O) groups excluding carboxylic acids is 5. The zero-order valence-electron chi connectivity index (χ0n) is 25.9. The molecule has 3 unspecified atom stereocenters. The Morgan fingerprint density at radius 1 is 1.04 bits per heavy atom. The van der Waals surface area contributed by atoms with E-state index in [4.69, 9.17) is 27.9 Å². The average molecular weight is 662 g/mol. The van der Waals surface area contributed by atoms with E-state index in [1.807, 2.05) is 24.3 Å². The normalized spacial score (nSPS) is 22.7. The van der Waals surface area contributed by atoms with Gasteiger partial charge in [0, 0.05) is 24.9 Å². The first-order valence-electron chi connectivity index (χ1n) is 15.3. The highest BCUT2D eigenvalue weighted by Crippen LogP contribution is 2.65. The van der Waals surface area contributed by atoms with Gasteiger partial charge < -0.3 is 25.6 Å². The number of fused-ring (bicyclic) bond motifs is 2. The van der Waals surface area contributed by atoms with Crippen molar-refractivity contribution in [3.05, 3.63) is 60.7 Å². The second-order valence-corrected chi connectivity index (χ2v) is 14.4. The predicted octanol–water partition coefficient (Wildman–Crippen LogP) is 3.64. The molecule has 12 heteroatoms. The summed E-state index contributed by atoms with van der Waals surface area (Å²) in [5.41, 5.74) is 1.37. The highest BCUT2D eigenvalue weighted by molar-refractivity contribution is 6.51. The van der Waals surface area contributed by atoms with Crippen molar-refractivity contribution in [2.75, 3.05) is 13.1 Å². The number of ketones is 1. The van der Waals surface area contributed by atoms with E-state index in [2.05, 4.69) is 29.1 Å². The number of benzene rings is 1. The van der Waals surface area contributed by atoms with Gasteiger partial charge in [0.15, 0.2) is 0 Å². The number of alkyl halides is 2. The van der Waals surface area contributed by atoms with Gasteiger partial charge in [-0.2, -0.15) is 0 Å². The molecular formula is C33H42Cl2N4O6. The fourth-order valence-electron chi connectivity index (χ4n) is 6.30. The van der Waals surface area contributed by atoms with Gasteiger partial charge in [-0.25, -0.2) is 4.79 Å². The molecule has 0 bridgehead atoms. The molecule has 45 heavy (non-hydrogen) atoms. The zero-order valence-corrected chi connectivity index (χ0v) is 27.5. The number of nitrogens with zero attached hydrogens (tertiary/aromatic N) is 1. The molecule has 1 heterocycles. The smallest absolute Gasteiger partial charge is 0.408 e. The summed E-state index contributed by atoms with van der Waals surface area (Å²) in [5, 5.41) is 8.02. The summed E-state index contributed by atoms with van der Waals surface area (Å²) in [6.07, 6.45) is 4.51. The lowest BCUT2D eigenvalue weighted by atomic mass is 9.94. The summed E-state index contributed by atoms with van der Waals surface area (Å²) in [5.74, 6) is -4.02. The second kappa shape index (κ2) is 14.0. The van der Waals surface area contributed by atoms with E-state index in [-0.39, 0.29) is 31.3 Å². The molecule has 2 aliphatic carbocycles. The molecule has 1 aromatic rings.